The van der Waals surface area contributed by atoms with E-state index in [-0.39, 0.29) is 22.9 Å². The second-order valence-electron chi connectivity index (χ2n) is 4.82. The number of ether oxygens (including phenoxy) is 2. The highest BCUT2D eigenvalue weighted by atomic mass is 19.1. The second-order valence-corrected chi connectivity index (χ2v) is 4.82. The zero-order valence-electron chi connectivity index (χ0n) is 11.3. The van der Waals surface area contributed by atoms with Crippen molar-refractivity contribution < 1.29 is 13.9 Å². The number of hydrogen-bond donors (Lipinski definition) is 0. The summed E-state index contributed by atoms with van der Waals surface area (Å²) in [6.45, 7) is 5.18. The van der Waals surface area contributed by atoms with Crippen molar-refractivity contribution >= 4 is 0 Å². The maximum Gasteiger partial charge on any atom is 0.165 e. The summed E-state index contributed by atoms with van der Waals surface area (Å²) in [6, 6.07) is 7.28. The van der Waals surface area contributed by atoms with Crippen molar-refractivity contribution in [2.75, 3.05) is 19.8 Å². The molecule has 2 rings (SSSR count). The molecule has 1 aliphatic heterocycles. The Balaban J connectivity index is 2.34. The van der Waals surface area contributed by atoms with E-state index in [1.807, 2.05) is 19.9 Å². The van der Waals surface area contributed by atoms with Gasteiger partial charge >= 0.3 is 0 Å². The van der Waals surface area contributed by atoms with Gasteiger partial charge in [-0.25, -0.2) is 4.39 Å². The molecule has 102 valence electrons. The van der Waals surface area contributed by atoms with Crippen molar-refractivity contribution in [3.8, 4) is 11.8 Å². The molecule has 0 saturated carbocycles. The van der Waals surface area contributed by atoms with Crippen molar-refractivity contribution in [2.24, 2.45) is 5.92 Å². The van der Waals surface area contributed by atoms with Gasteiger partial charge in [0.25, 0.3) is 0 Å². The Kier molecular flexibility index (Phi) is 4.06. The van der Waals surface area contributed by atoms with Crippen molar-refractivity contribution in [2.45, 2.75) is 25.7 Å². The Labute approximate surface area is 112 Å². The smallest absolute Gasteiger partial charge is 0.165 e. The molecule has 0 aromatic heterocycles. The van der Waals surface area contributed by atoms with E-state index in [1.54, 1.807) is 6.07 Å². The van der Waals surface area contributed by atoms with Crippen LogP contribution in [0.4, 0.5) is 4.39 Å². The summed E-state index contributed by atoms with van der Waals surface area (Å²) >= 11 is 0. The molecule has 1 heterocycles. The van der Waals surface area contributed by atoms with Gasteiger partial charge in [-0.3, -0.25) is 0 Å². The van der Waals surface area contributed by atoms with E-state index in [0.29, 0.717) is 19.8 Å². The number of rotatable bonds is 5. The largest absolute Gasteiger partial charge is 0.491 e. The maximum atomic E-state index is 14.0. The predicted octanol–water partition coefficient (Wildman–Crippen LogP) is 3.04. The van der Waals surface area contributed by atoms with Crippen molar-refractivity contribution in [1.29, 1.82) is 5.26 Å². The third kappa shape index (κ3) is 2.31. The molecule has 1 saturated heterocycles. The van der Waals surface area contributed by atoms with Gasteiger partial charge in [-0.05, 0) is 31.0 Å². The summed E-state index contributed by atoms with van der Waals surface area (Å²) < 4.78 is 24.4. The Hall–Kier alpha value is -1.60. The van der Waals surface area contributed by atoms with Crippen molar-refractivity contribution in [3.63, 3.8) is 0 Å². The number of benzene rings is 1. The van der Waals surface area contributed by atoms with Crippen LogP contribution in [-0.2, 0) is 10.2 Å². The minimum Gasteiger partial charge on any atom is -0.491 e. The number of halogens is 1. The minimum atomic E-state index is -0.376. The third-order valence-electron chi connectivity index (χ3n) is 3.76. The highest BCUT2D eigenvalue weighted by molar-refractivity contribution is 5.37. The summed E-state index contributed by atoms with van der Waals surface area (Å²) in [6.07, 6.45) is 0.731. The highest BCUT2D eigenvalue weighted by Crippen LogP contribution is 2.41. The first-order valence-electron chi connectivity index (χ1n) is 6.58. The molecule has 1 unspecified atom stereocenters. The molecule has 0 aliphatic carbocycles. The lowest BCUT2D eigenvalue weighted by Crippen LogP contribution is -2.52. The zero-order chi connectivity index (χ0) is 13.9. The maximum absolute atomic E-state index is 14.0. The van der Waals surface area contributed by atoms with Gasteiger partial charge in [0.1, 0.15) is 0 Å². The molecule has 1 aromatic carbocycles. The Morgan fingerprint density at radius 3 is 2.63 bits per heavy atom. The summed E-state index contributed by atoms with van der Waals surface area (Å²) in [5.41, 5.74) is 0.461. The van der Waals surface area contributed by atoms with Gasteiger partial charge < -0.3 is 9.47 Å². The Morgan fingerprint density at radius 1 is 1.47 bits per heavy atom. The van der Waals surface area contributed by atoms with E-state index >= 15 is 0 Å². The first kappa shape index (κ1) is 13.8. The van der Waals surface area contributed by atoms with E-state index in [4.69, 9.17) is 9.47 Å². The van der Waals surface area contributed by atoms with Crippen LogP contribution in [-0.4, -0.2) is 19.8 Å². The molecule has 4 heteroatoms. The Bertz CT molecular complexity index is 491. The predicted molar refractivity (Wildman–Crippen MR) is 69.5 cm³/mol. The summed E-state index contributed by atoms with van der Waals surface area (Å²) in [5, 5.41) is 9.27. The lowest BCUT2D eigenvalue weighted by molar-refractivity contribution is -0.0806. The second kappa shape index (κ2) is 5.58. The summed E-state index contributed by atoms with van der Waals surface area (Å²) in [7, 11) is 0. The normalized spacial score (nSPS) is 18.2. The van der Waals surface area contributed by atoms with Gasteiger partial charge in [-0.1, -0.05) is 13.0 Å². The molecule has 1 fully saturated rings. The Morgan fingerprint density at radius 2 is 2.21 bits per heavy atom. The standard InChI is InChI=1S/C15H18FNO2/c1-3-11(8-17)15(9-18-10-15)12-5-6-14(19-4-2)13(16)7-12/h5-7,11H,3-4,9-10H2,1-2H3. The van der Waals surface area contributed by atoms with Gasteiger partial charge in [-0.2, -0.15) is 5.26 Å². The van der Waals surface area contributed by atoms with Gasteiger partial charge in [-0.15, -0.1) is 0 Å². The minimum absolute atomic E-state index is 0.154. The molecule has 0 N–H and O–H groups in total. The van der Waals surface area contributed by atoms with Gasteiger partial charge in [0, 0.05) is 0 Å². The van der Waals surface area contributed by atoms with Crippen LogP contribution in [0.1, 0.15) is 25.8 Å². The van der Waals surface area contributed by atoms with Crippen molar-refractivity contribution in [3.05, 3.63) is 29.6 Å². The topological polar surface area (TPSA) is 42.2 Å². The van der Waals surface area contributed by atoms with Crippen LogP contribution in [0.25, 0.3) is 0 Å². The van der Waals surface area contributed by atoms with Crippen LogP contribution in [0, 0.1) is 23.1 Å². The van der Waals surface area contributed by atoms with Crippen LogP contribution in [0.3, 0.4) is 0 Å². The zero-order valence-corrected chi connectivity index (χ0v) is 11.3. The first-order valence-corrected chi connectivity index (χ1v) is 6.58. The molecule has 0 radical (unpaired) electrons. The molecular formula is C15H18FNO2. The monoisotopic (exact) mass is 263 g/mol. The third-order valence-corrected chi connectivity index (χ3v) is 3.76. The molecule has 0 spiro atoms. The lowest BCUT2D eigenvalue weighted by atomic mass is 9.68. The van der Waals surface area contributed by atoms with E-state index < -0.39 is 0 Å². The molecule has 3 nitrogen and oxygen atoms in total. The number of nitrogens with zero attached hydrogens (tertiary/aromatic N) is 1. The van der Waals surface area contributed by atoms with Gasteiger partial charge in [0.2, 0.25) is 0 Å². The average Bonchev–Trinajstić information content (AvgIpc) is 2.36. The molecule has 1 atom stereocenters. The molecular weight excluding hydrogens is 245 g/mol. The fraction of sp³-hybridized carbons (Fsp3) is 0.533. The molecule has 0 amide bonds. The van der Waals surface area contributed by atoms with Crippen LogP contribution in [0.15, 0.2) is 18.2 Å². The van der Waals surface area contributed by atoms with Crippen LogP contribution < -0.4 is 4.74 Å². The SMILES string of the molecule is CCOc1ccc(C2(C(C#N)CC)COC2)cc1F. The highest BCUT2D eigenvalue weighted by Gasteiger charge is 2.47. The molecule has 19 heavy (non-hydrogen) atoms. The first-order chi connectivity index (χ1) is 9.17. The van der Waals surface area contributed by atoms with Crippen LogP contribution in [0.2, 0.25) is 0 Å². The summed E-state index contributed by atoms with van der Waals surface area (Å²) in [4.78, 5) is 0. The molecule has 1 aromatic rings. The van der Waals surface area contributed by atoms with E-state index in [9.17, 15) is 9.65 Å². The van der Waals surface area contributed by atoms with E-state index in [2.05, 4.69) is 6.07 Å². The van der Waals surface area contributed by atoms with Crippen molar-refractivity contribution in [1.82, 2.24) is 0 Å². The average molecular weight is 263 g/mol. The molecule has 0 bridgehead atoms. The lowest BCUT2D eigenvalue weighted by Gasteiger charge is -2.45. The number of nitriles is 1. The van der Waals surface area contributed by atoms with Gasteiger partial charge in [0.05, 0.1) is 37.2 Å². The van der Waals surface area contributed by atoms with Crippen LogP contribution >= 0.6 is 0 Å². The van der Waals surface area contributed by atoms with Crippen LogP contribution in [0.5, 0.6) is 5.75 Å². The number of hydrogen-bond acceptors (Lipinski definition) is 3. The fourth-order valence-electron chi connectivity index (χ4n) is 2.58. The molecule has 1 aliphatic rings. The summed E-state index contributed by atoms with van der Waals surface area (Å²) in [5.74, 6) is -0.274. The van der Waals surface area contributed by atoms with E-state index in [1.165, 1.54) is 6.07 Å². The quantitative estimate of drug-likeness (QED) is 0.820. The van der Waals surface area contributed by atoms with E-state index in [0.717, 1.165) is 12.0 Å². The van der Waals surface area contributed by atoms with Gasteiger partial charge in [0.15, 0.2) is 11.6 Å². The fourth-order valence-corrected chi connectivity index (χ4v) is 2.58.